The number of methoxy groups -OCH3 is 3. The fraction of sp³-hybridized carbons (Fsp3) is 0.143. The summed E-state index contributed by atoms with van der Waals surface area (Å²) in [7, 11) is 4.48. The molecule has 9 heteroatoms. The van der Waals surface area contributed by atoms with Crippen LogP contribution in [0.3, 0.4) is 0 Å². The highest BCUT2D eigenvalue weighted by molar-refractivity contribution is 5.95. The zero-order valence-corrected chi connectivity index (χ0v) is 16.6. The largest absolute Gasteiger partial charge is 0.493 e. The number of esters is 1. The fourth-order valence-electron chi connectivity index (χ4n) is 3.04. The van der Waals surface area contributed by atoms with Crippen LogP contribution in [0.15, 0.2) is 55.0 Å². The van der Waals surface area contributed by atoms with Crippen molar-refractivity contribution in [2.24, 2.45) is 0 Å². The summed E-state index contributed by atoms with van der Waals surface area (Å²) < 4.78 is 17.3. The Hall–Kier alpha value is -4.14. The highest BCUT2D eigenvalue weighted by Gasteiger charge is 2.16. The molecule has 0 aliphatic rings. The van der Waals surface area contributed by atoms with Crippen LogP contribution in [-0.2, 0) is 4.74 Å². The summed E-state index contributed by atoms with van der Waals surface area (Å²) in [6.45, 7) is 0. The van der Waals surface area contributed by atoms with Crippen LogP contribution in [0, 0.1) is 0 Å². The zero-order valence-electron chi connectivity index (χ0n) is 16.6. The molecular weight excluding hydrogens is 386 g/mol. The van der Waals surface area contributed by atoms with Gasteiger partial charge in [0, 0.05) is 30.2 Å². The summed E-state index contributed by atoms with van der Waals surface area (Å²) >= 11 is 0. The first-order valence-electron chi connectivity index (χ1n) is 9.01. The van der Waals surface area contributed by atoms with Crippen LogP contribution in [0.1, 0.15) is 10.4 Å². The molecule has 0 atom stereocenters. The zero-order chi connectivity index (χ0) is 21.1. The average molecular weight is 405 g/mol. The molecule has 4 aromatic rings. The Bertz CT molecular complexity index is 1220. The number of nitrogens with zero attached hydrogens (tertiary/aromatic N) is 4. The predicted octanol–water partition coefficient (Wildman–Crippen LogP) is 3.34. The number of aromatic nitrogens is 4. The number of imidazole rings is 1. The molecule has 152 valence electrons. The Morgan fingerprint density at radius 1 is 1.00 bits per heavy atom. The third kappa shape index (κ3) is 3.48. The number of nitrogens with one attached hydrogen (secondary N) is 1. The summed E-state index contributed by atoms with van der Waals surface area (Å²) in [6, 6.07) is 10.7. The predicted molar refractivity (Wildman–Crippen MR) is 110 cm³/mol. The van der Waals surface area contributed by atoms with E-state index in [1.807, 2.05) is 24.3 Å². The van der Waals surface area contributed by atoms with Crippen molar-refractivity contribution >= 4 is 23.4 Å². The second-order valence-corrected chi connectivity index (χ2v) is 6.21. The van der Waals surface area contributed by atoms with E-state index in [0.29, 0.717) is 40.2 Å². The summed E-state index contributed by atoms with van der Waals surface area (Å²) in [5.74, 6) is 1.49. The van der Waals surface area contributed by atoms with E-state index in [1.54, 1.807) is 49.3 Å². The topological polar surface area (TPSA) is 99.9 Å². The third-order valence-corrected chi connectivity index (χ3v) is 4.51. The number of ether oxygens (including phenoxy) is 3. The van der Waals surface area contributed by atoms with Crippen LogP contribution >= 0.6 is 0 Å². The van der Waals surface area contributed by atoms with Crippen LogP contribution in [-0.4, -0.2) is 46.7 Å². The second kappa shape index (κ2) is 8.08. The monoisotopic (exact) mass is 405 g/mol. The van der Waals surface area contributed by atoms with Gasteiger partial charge in [-0.15, -0.1) is 0 Å². The van der Waals surface area contributed by atoms with Gasteiger partial charge in [-0.05, 0) is 30.3 Å². The van der Waals surface area contributed by atoms with Gasteiger partial charge in [0.25, 0.3) is 0 Å². The standard InChI is InChI=1S/C21H19N5O4/c1-28-16-7-6-13(11-17(16)29-2)15-12-18-22-9-10-26(18)21(24-15)25-19-14(20(27)30-3)5-4-8-23-19/h4-12H,1-3H3,(H,23,24,25). The third-order valence-electron chi connectivity index (χ3n) is 4.51. The van der Waals surface area contributed by atoms with Crippen molar-refractivity contribution in [1.29, 1.82) is 0 Å². The van der Waals surface area contributed by atoms with Crippen LogP contribution in [0.25, 0.3) is 16.9 Å². The number of rotatable bonds is 6. The summed E-state index contributed by atoms with van der Waals surface area (Å²) in [5, 5.41) is 3.12. The lowest BCUT2D eigenvalue weighted by atomic mass is 10.1. The molecule has 4 rings (SSSR count). The van der Waals surface area contributed by atoms with Crippen LogP contribution in [0.4, 0.5) is 11.8 Å². The maximum Gasteiger partial charge on any atom is 0.341 e. The van der Waals surface area contributed by atoms with Gasteiger partial charge >= 0.3 is 5.97 Å². The SMILES string of the molecule is COC(=O)c1cccnc1Nc1nc(-c2ccc(OC)c(OC)c2)cc2nccn12. The molecule has 0 aliphatic heterocycles. The van der Waals surface area contributed by atoms with Gasteiger partial charge in [0.05, 0.1) is 27.0 Å². The number of anilines is 2. The molecule has 30 heavy (non-hydrogen) atoms. The lowest BCUT2D eigenvalue weighted by Gasteiger charge is -2.13. The van der Waals surface area contributed by atoms with Crippen molar-refractivity contribution in [2.75, 3.05) is 26.6 Å². The van der Waals surface area contributed by atoms with Gasteiger partial charge in [-0.25, -0.2) is 19.7 Å². The number of fused-ring (bicyclic) bond motifs is 1. The summed E-state index contributed by atoms with van der Waals surface area (Å²) in [4.78, 5) is 25.4. The highest BCUT2D eigenvalue weighted by Crippen LogP contribution is 2.32. The van der Waals surface area contributed by atoms with E-state index >= 15 is 0 Å². The lowest BCUT2D eigenvalue weighted by molar-refractivity contribution is 0.0601. The Labute approximate surface area is 172 Å². The molecule has 9 nitrogen and oxygen atoms in total. The molecule has 0 bridgehead atoms. The maximum absolute atomic E-state index is 12.1. The Kier molecular flexibility index (Phi) is 5.17. The highest BCUT2D eigenvalue weighted by atomic mass is 16.5. The van der Waals surface area contributed by atoms with Crippen LogP contribution in [0.2, 0.25) is 0 Å². The first kappa shape index (κ1) is 19.2. The molecule has 3 aromatic heterocycles. The molecule has 0 unspecified atom stereocenters. The molecule has 0 aliphatic carbocycles. The minimum Gasteiger partial charge on any atom is -0.493 e. The quantitative estimate of drug-likeness (QED) is 0.488. The second-order valence-electron chi connectivity index (χ2n) is 6.21. The van der Waals surface area contributed by atoms with Crippen molar-refractivity contribution in [3.05, 3.63) is 60.6 Å². The molecule has 0 fully saturated rings. The first-order valence-corrected chi connectivity index (χ1v) is 9.01. The molecule has 1 aromatic carbocycles. The summed E-state index contributed by atoms with van der Waals surface area (Å²) in [5.41, 5.74) is 2.45. The van der Waals surface area contributed by atoms with Crippen molar-refractivity contribution in [3.8, 4) is 22.8 Å². The normalized spacial score (nSPS) is 10.6. The van der Waals surface area contributed by atoms with E-state index in [4.69, 9.17) is 19.2 Å². The van der Waals surface area contributed by atoms with Crippen LogP contribution in [0.5, 0.6) is 11.5 Å². The minimum atomic E-state index is -0.497. The van der Waals surface area contributed by atoms with Gasteiger partial charge in [-0.3, -0.25) is 4.40 Å². The molecule has 0 radical (unpaired) electrons. The molecular formula is C21H19N5O4. The van der Waals surface area contributed by atoms with Crippen molar-refractivity contribution in [1.82, 2.24) is 19.4 Å². The molecule has 3 heterocycles. The van der Waals surface area contributed by atoms with Crippen molar-refractivity contribution < 1.29 is 19.0 Å². The van der Waals surface area contributed by atoms with E-state index in [1.165, 1.54) is 7.11 Å². The molecule has 1 N–H and O–H groups in total. The molecule has 0 spiro atoms. The minimum absolute atomic E-state index is 0.298. The van der Waals surface area contributed by atoms with E-state index in [9.17, 15) is 4.79 Å². The van der Waals surface area contributed by atoms with Gasteiger partial charge in [-0.2, -0.15) is 0 Å². The van der Waals surface area contributed by atoms with Gasteiger partial charge in [0.15, 0.2) is 11.5 Å². The van der Waals surface area contributed by atoms with Gasteiger partial charge in [0.2, 0.25) is 5.95 Å². The van der Waals surface area contributed by atoms with Crippen molar-refractivity contribution in [2.45, 2.75) is 0 Å². The van der Waals surface area contributed by atoms with Gasteiger partial charge in [-0.1, -0.05) is 0 Å². The smallest absolute Gasteiger partial charge is 0.341 e. The average Bonchev–Trinajstić information content (AvgIpc) is 3.27. The maximum atomic E-state index is 12.1. The number of carbonyl (C=O) groups is 1. The molecule has 0 saturated heterocycles. The number of benzene rings is 1. The Balaban J connectivity index is 1.81. The number of hydrogen-bond acceptors (Lipinski definition) is 8. The number of carbonyl (C=O) groups excluding carboxylic acids is 1. The van der Waals surface area contributed by atoms with E-state index in [2.05, 4.69) is 15.3 Å². The molecule has 0 amide bonds. The van der Waals surface area contributed by atoms with E-state index < -0.39 is 5.97 Å². The molecule has 0 saturated carbocycles. The Morgan fingerprint density at radius 3 is 2.60 bits per heavy atom. The lowest BCUT2D eigenvalue weighted by Crippen LogP contribution is -2.10. The number of pyridine rings is 1. The van der Waals surface area contributed by atoms with Gasteiger partial charge < -0.3 is 19.5 Å². The fourth-order valence-corrected chi connectivity index (χ4v) is 3.04. The van der Waals surface area contributed by atoms with Crippen LogP contribution < -0.4 is 14.8 Å². The van der Waals surface area contributed by atoms with E-state index in [0.717, 1.165) is 5.56 Å². The van der Waals surface area contributed by atoms with Gasteiger partial charge in [0.1, 0.15) is 17.0 Å². The first-order chi connectivity index (χ1) is 14.6. The van der Waals surface area contributed by atoms with Crippen molar-refractivity contribution in [3.63, 3.8) is 0 Å². The Morgan fingerprint density at radius 2 is 1.83 bits per heavy atom. The summed E-state index contributed by atoms with van der Waals surface area (Å²) in [6.07, 6.45) is 5.02. The van der Waals surface area contributed by atoms with E-state index in [-0.39, 0.29) is 0 Å². The number of hydrogen-bond donors (Lipinski definition) is 1.